The molecule has 2 nitrogen and oxygen atoms in total. The van der Waals surface area contributed by atoms with Gasteiger partial charge in [0.15, 0.2) is 0 Å². The first-order chi connectivity index (χ1) is 11.8. The molecule has 0 saturated heterocycles. The van der Waals surface area contributed by atoms with E-state index in [1.165, 1.54) is 37.7 Å². The zero-order chi connectivity index (χ0) is 16.8. The SMILES string of the molecule is CC(OCc1ccccc1O)C(c1ccccc1)C1CCCCC1. The Bertz CT molecular complexity index is 617. The maximum absolute atomic E-state index is 9.95. The van der Waals surface area contributed by atoms with Gasteiger partial charge < -0.3 is 9.84 Å². The highest BCUT2D eigenvalue weighted by molar-refractivity contribution is 5.31. The zero-order valence-corrected chi connectivity index (χ0v) is 14.5. The van der Waals surface area contributed by atoms with Gasteiger partial charge in [-0.3, -0.25) is 0 Å². The van der Waals surface area contributed by atoms with E-state index in [2.05, 4.69) is 37.3 Å². The van der Waals surface area contributed by atoms with Crippen LogP contribution in [-0.4, -0.2) is 11.2 Å². The normalized spacial score (nSPS) is 18.2. The minimum Gasteiger partial charge on any atom is -0.508 e. The third kappa shape index (κ3) is 4.18. The molecule has 3 rings (SSSR count). The lowest BCUT2D eigenvalue weighted by Crippen LogP contribution is -2.27. The predicted octanol–water partition coefficient (Wildman–Crippen LogP) is 5.66. The highest BCUT2D eigenvalue weighted by Crippen LogP contribution is 2.39. The van der Waals surface area contributed by atoms with Gasteiger partial charge in [0.1, 0.15) is 5.75 Å². The lowest BCUT2D eigenvalue weighted by Gasteiger charge is -2.34. The lowest BCUT2D eigenvalue weighted by atomic mass is 9.74. The quantitative estimate of drug-likeness (QED) is 0.742. The van der Waals surface area contributed by atoms with Gasteiger partial charge in [-0.1, -0.05) is 67.8 Å². The smallest absolute Gasteiger partial charge is 0.121 e. The van der Waals surface area contributed by atoms with E-state index in [-0.39, 0.29) is 6.10 Å². The Labute approximate surface area is 145 Å². The van der Waals surface area contributed by atoms with Crippen LogP contribution in [0.5, 0.6) is 5.75 Å². The maximum Gasteiger partial charge on any atom is 0.121 e. The predicted molar refractivity (Wildman–Crippen MR) is 98.1 cm³/mol. The van der Waals surface area contributed by atoms with E-state index in [0.717, 1.165) is 5.56 Å². The summed E-state index contributed by atoms with van der Waals surface area (Å²) in [5, 5.41) is 9.95. The molecule has 2 aromatic rings. The van der Waals surface area contributed by atoms with Crippen molar-refractivity contribution in [2.24, 2.45) is 5.92 Å². The van der Waals surface area contributed by atoms with Crippen LogP contribution in [0.25, 0.3) is 0 Å². The van der Waals surface area contributed by atoms with Crippen LogP contribution >= 0.6 is 0 Å². The number of benzene rings is 2. The molecular weight excluding hydrogens is 296 g/mol. The number of para-hydroxylation sites is 1. The molecule has 2 aromatic carbocycles. The fraction of sp³-hybridized carbons (Fsp3) is 0.455. The summed E-state index contributed by atoms with van der Waals surface area (Å²) in [4.78, 5) is 0. The Morgan fingerprint density at radius 3 is 2.33 bits per heavy atom. The highest BCUT2D eigenvalue weighted by atomic mass is 16.5. The minimum atomic E-state index is 0.134. The van der Waals surface area contributed by atoms with E-state index in [0.29, 0.717) is 24.2 Å². The second-order valence-corrected chi connectivity index (χ2v) is 6.98. The van der Waals surface area contributed by atoms with Crippen molar-refractivity contribution >= 4 is 0 Å². The van der Waals surface area contributed by atoms with E-state index in [1.807, 2.05) is 18.2 Å². The molecule has 0 amide bonds. The maximum atomic E-state index is 9.95. The largest absolute Gasteiger partial charge is 0.508 e. The summed E-state index contributed by atoms with van der Waals surface area (Å²) in [6.45, 7) is 2.65. The number of aromatic hydroxyl groups is 1. The minimum absolute atomic E-state index is 0.134. The van der Waals surface area contributed by atoms with Crippen LogP contribution in [0.2, 0.25) is 0 Å². The topological polar surface area (TPSA) is 29.5 Å². The van der Waals surface area contributed by atoms with E-state index in [1.54, 1.807) is 6.07 Å². The van der Waals surface area contributed by atoms with Gasteiger partial charge in [-0.05, 0) is 37.3 Å². The van der Waals surface area contributed by atoms with E-state index < -0.39 is 0 Å². The lowest BCUT2D eigenvalue weighted by molar-refractivity contribution is 0.0143. The summed E-state index contributed by atoms with van der Waals surface area (Å²) < 4.78 is 6.22. The number of rotatable bonds is 6. The van der Waals surface area contributed by atoms with E-state index in [9.17, 15) is 5.11 Å². The summed E-state index contributed by atoms with van der Waals surface area (Å²) in [6, 6.07) is 18.2. The van der Waals surface area contributed by atoms with Crippen LogP contribution < -0.4 is 0 Å². The van der Waals surface area contributed by atoms with Crippen molar-refractivity contribution in [3.05, 3.63) is 65.7 Å². The third-order valence-corrected chi connectivity index (χ3v) is 5.34. The summed E-state index contributed by atoms with van der Waals surface area (Å²) in [5.74, 6) is 1.44. The molecule has 2 atom stereocenters. The van der Waals surface area contributed by atoms with Crippen molar-refractivity contribution in [3.63, 3.8) is 0 Å². The first-order valence-electron chi connectivity index (χ1n) is 9.19. The Hall–Kier alpha value is -1.80. The van der Waals surface area contributed by atoms with Gasteiger partial charge in [-0.2, -0.15) is 0 Å². The van der Waals surface area contributed by atoms with Crippen LogP contribution in [0.15, 0.2) is 54.6 Å². The Kier molecular flexibility index (Phi) is 5.92. The van der Waals surface area contributed by atoms with Crippen molar-refractivity contribution in [2.45, 2.75) is 57.7 Å². The van der Waals surface area contributed by atoms with Gasteiger partial charge in [0.25, 0.3) is 0 Å². The van der Waals surface area contributed by atoms with E-state index >= 15 is 0 Å². The fourth-order valence-corrected chi connectivity index (χ4v) is 4.05. The molecule has 2 heteroatoms. The Morgan fingerprint density at radius 1 is 0.958 bits per heavy atom. The van der Waals surface area contributed by atoms with Crippen LogP contribution in [-0.2, 0) is 11.3 Å². The first kappa shape index (κ1) is 17.0. The average molecular weight is 324 g/mol. The van der Waals surface area contributed by atoms with Gasteiger partial charge in [-0.25, -0.2) is 0 Å². The van der Waals surface area contributed by atoms with Crippen LogP contribution in [0.4, 0.5) is 0 Å². The zero-order valence-electron chi connectivity index (χ0n) is 14.5. The van der Waals surface area contributed by atoms with Crippen molar-refractivity contribution in [1.29, 1.82) is 0 Å². The molecule has 1 fully saturated rings. The summed E-state index contributed by atoms with van der Waals surface area (Å²) >= 11 is 0. The molecule has 0 aliphatic heterocycles. The standard InChI is InChI=1S/C22H28O2/c1-17(24-16-20-14-8-9-15-21(20)23)22(18-10-4-2-5-11-18)19-12-6-3-7-13-19/h2,4-5,8-11,14-15,17,19,22-23H,3,6-7,12-13,16H2,1H3. The van der Waals surface area contributed by atoms with Gasteiger partial charge >= 0.3 is 0 Å². The summed E-state index contributed by atoms with van der Waals surface area (Å²) in [5.41, 5.74) is 2.24. The molecule has 1 N–H and O–H groups in total. The number of phenolic OH excluding ortho intramolecular Hbond substituents is 1. The average Bonchev–Trinajstić information content (AvgIpc) is 2.63. The highest BCUT2D eigenvalue weighted by Gasteiger charge is 2.30. The molecule has 24 heavy (non-hydrogen) atoms. The van der Waals surface area contributed by atoms with Crippen LogP contribution in [0.1, 0.15) is 56.1 Å². The Morgan fingerprint density at radius 2 is 1.62 bits per heavy atom. The molecular formula is C22H28O2. The second kappa shape index (κ2) is 8.34. The van der Waals surface area contributed by atoms with Gasteiger partial charge in [0.2, 0.25) is 0 Å². The molecule has 0 spiro atoms. The van der Waals surface area contributed by atoms with Gasteiger partial charge in [-0.15, -0.1) is 0 Å². The molecule has 1 aliphatic rings. The monoisotopic (exact) mass is 324 g/mol. The number of phenols is 1. The molecule has 1 aliphatic carbocycles. The molecule has 0 bridgehead atoms. The second-order valence-electron chi connectivity index (χ2n) is 6.98. The molecule has 1 saturated carbocycles. The third-order valence-electron chi connectivity index (χ3n) is 5.34. The van der Waals surface area contributed by atoms with Gasteiger partial charge in [0, 0.05) is 11.5 Å². The Balaban J connectivity index is 1.73. The van der Waals surface area contributed by atoms with Crippen molar-refractivity contribution < 1.29 is 9.84 Å². The van der Waals surface area contributed by atoms with Gasteiger partial charge in [0.05, 0.1) is 12.7 Å². The van der Waals surface area contributed by atoms with Crippen molar-refractivity contribution in [2.75, 3.05) is 0 Å². The summed E-state index contributed by atoms with van der Waals surface area (Å²) in [6.07, 6.45) is 6.76. The molecule has 0 radical (unpaired) electrons. The van der Waals surface area contributed by atoms with Crippen molar-refractivity contribution in [3.8, 4) is 5.75 Å². The molecule has 2 unspecified atom stereocenters. The van der Waals surface area contributed by atoms with Crippen LogP contribution in [0, 0.1) is 5.92 Å². The molecule has 0 heterocycles. The fourth-order valence-electron chi connectivity index (χ4n) is 4.05. The molecule has 0 aromatic heterocycles. The number of hydrogen-bond acceptors (Lipinski definition) is 2. The summed E-state index contributed by atoms with van der Waals surface area (Å²) in [7, 11) is 0. The first-order valence-corrected chi connectivity index (χ1v) is 9.19. The number of ether oxygens (including phenoxy) is 1. The van der Waals surface area contributed by atoms with Crippen LogP contribution in [0.3, 0.4) is 0 Å². The van der Waals surface area contributed by atoms with Crippen molar-refractivity contribution in [1.82, 2.24) is 0 Å². The number of hydrogen-bond donors (Lipinski definition) is 1. The van der Waals surface area contributed by atoms with E-state index in [4.69, 9.17) is 4.74 Å². The molecule has 128 valence electrons.